The minimum Gasteiger partial charge on any atom is -0.493 e. The molecular weight excluding hydrogens is 220 g/mol. The van der Waals surface area contributed by atoms with Crippen molar-refractivity contribution in [2.45, 2.75) is 13.3 Å². The summed E-state index contributed by atoms with van der Waals surface area (Å²) in [7, 11) is 3.12. The van der Waals surface area contributed by atoms with E-state index in [1.54, 1.807) is 26.4 Å². The van der Waals surface area contributed by atoms with E-state index < -0.39 is 5.97 Å². The zero-order valence-corrected chi connectivity index (χ0v) is 10.2. The lowest BCUT2D eigenvalue weighted by atomic mass is 10.0. The summed E-state index contributed by atoms with van der Waals surface area (Å²) in [5, 5.41) is 8.62. The second kappa shape index (κ2) is 5.94. The first-order valence-electron chi connectivity index (χ1n) is 5.28. The molecule has 0 saturated carbocycles. The Bertz CT molecular complexity index is 435. The quantitative estimate of drug-likeness (QED) is 0.797. The highest BCUT2D eigenvalue weighted by atomic mass is 16.5. The molecule has 0 fully saturated rings. The predicted octanol–water partition coefficient (Wildman–Crippen LogP) is 2.36. The summed E-state index contributed by atoms with van der Waals surface area (Å²) in [6.45, 7) is 2.00. The molecule has 92 valence electrons. The van der Waals surface area contributed by atoms with Gasteiger partial charge in [-0.3, -0.25) is 0 Å². The summed E-state index contributed by atoms with van der Waals surface area (Å²) in [5.74, 6) is 0.272. The Kier molecular flexibility index (Phi) is 4.57. The Labute approximate surface area is 100 Å². The number of ether oxygens (including phenoxy) is 2. The normalized spacial score (nSPS) is 10.5. The Morgan fingerprint density at radius 1 is 1.29 bits per heavy atom. The maximum Gasteiger partial charge on any atom is 0.328 e. The maximum absolute atomic E-state index is 10.5. The van der Waals surface area contributed by atoms with Gasteiger partial charge in [-0.1, -0.05) is 6.92 Å². The third-order valence-electron chi connectivity index (χ3n) is 2.43. The third-order valence-corrected chi connectivity index (χ3v) is 2.43. The van der Waals surface area contributed by atoms with Crippen LogP contribution in [-0.2, 0) is 11.2 Å². The lowest BCUT2D eigenvalue weighted by Gasteiger charge is -2.11. The second-order valence-corrected chi connectivity index (χ2v) is 3.43. The van der Waals surface area contributed by atoms with E-state index in [0.717, 1.165) is 23.6 Å². The first kappa shape index (κ1) is 13.1. The molecule has 0 aliphatic rings. The number of aliphatic carboxylic acids is 1. The summed E-state index contributed by atoms with van der Waals surface area (Å²) in [6.07, 6.45) is 3.46. The molecule has 0 radical (unpaired) electrons. The van der Waals surface area contributed by atoms with Gasteiger partial charge in [0.05, 0.1) is 14.2 Å². The molecule has 4 heteroatoms. The van der Waals surface area contributed by atoms with Crippen molar-refractivity contribution in [1.82, 2.24) is 0 Å². The topological polar surface area (TPSA) is 55.8 Å². The van der Waals surface area contributed by atoms with Crippen molar-refractivity contribution in [3.8, 4) is 11.5 Å². The molecule has 0 amide bonds. The molecule has 0 unspecified atom stereocenters. The largest absolute Gasteiger partial charge is 0.493 e. The third kappa shape index (κ3) is 3.24. The fourth-order valence-corrected chi connectivity index (χ4v) is 1.56. The monoisotopic (exact) mass is 236 g/mol. The fraction of sp³-hybridized carbons (Fsp3) is 0.308. The first-order chi connectivity index (χ1) is 8.12. The highest BCUT2D eigenvalue weighted by Gasteiger charge is 2.08. The number of benzene rings is 1. The van der Waals surface area contributed by atoms with E-state index in [0.29, 0.717) is 11.5 Å². The molecule has 0 aliphatic heterocycles. The van der Waals surface area contributed by atoms with E-state index in [4.69, 9.17) is 14.6 Å². The average Bonchev–Trinajstić information content (AvgIpc) is 2.34. The summed E-state index contributed by atoms with van der Waals surface area (Å²) in [5.41, 5.74) is 1.84. The van der Waals surface area contributed by atoms with Gasteiger partial charge in [0.2, 0.25) is 0 Å². The lowest BCUT2D eigenvalue weighted by molar-refractivity contribution is -0.131. The smallest absolute Gasteiger partial charge is 0.328 e. The van der Waals surface area contributed by atoms with Crippen molar-refractivity contribution in [3.63, 3.8) is 0 Å². The summed E-state index contributed by atoms with van der Waals surface area (Å²) in [4.78, 5) is 10.5. The van der Waals surface area contributed by atoms with Crippen LogP contribution in [0, 0.1) is 0 Å². The van der Waals surface area contributed by atoms with Gasteiger partial charge in [0, 0.05) is 6.08 Å². The van der Waals surface area contributed by atoms with Crippen LogP contribution in [-0.4, -0.2) is 25.3 Å². The molecule has 0 spiro atoms. The van der Waals surface area contributed by atoms with Crippen molar-refractivity contribution in [3.05, 3.63) is 29.3 Å². The molecule has 0 atom stereocenters. The van der Waals surface area contributed by atoms with E-state index in [1.165, 1.54) is 0 Å². The van der Waals surface area contributed by atoms with E-state index in [-0.39, 0.29) is 0 Å². The van der Waals surface area contributed by atoms with Gasteiger partial charge < -0.3 is 14.6 Å². The van der Waals surface area contributed by atoms with Crippen LogP contribution in [0.1, 0.15) is 18.1 Å². The van der Waals surface area contributed by atoms with Gasteiger partial charge in [-0.15, -0.1) is 0 Å². The van der Waals surface area contributed by atoms with Gasteiger partial charge in [-0.25, -0.2) is 4.79 Å². The molecular formula is C13H16O4. The Morgan fingerprint density at radius 3 is 2.35 bits per heavy atom. The zero-order chi connectivity index (χ0) is 12.8. The number of carbonyl (C=O) groups is 1. The van der Waals surface area contributed by atoms with Gasteiger partial charge in [-0.2, -0.15) is 0 Å². The minimum absolute atomic E-state index is 0.592. The fourth-order valence-electron chi connectivity index (χ4n) is 1.56. The van der Waals surface area contributed by atoms with E-state index in [9.17, 15) is 4.79 Å². The van der Waals surface area contributed by atoms with Gasteiger partial charge in [-0.05, 0) is 35.8 Å². The van der Waals surface area contributed by atoms with Crippen LogP contribution in [0.25, 0.3) is 6.08 Å². The SMILES string of the molecule is CCc1cc(OC)c(OC)cc1C=CC(=O)O. The maximum atomic E-state index is 10.5. The number of carboxylic acid groups (broad SMARTS) is 1. The molecule has 1 aromatic carbocycles. The Balaban J connectivity index is 3.23. The Hall–Kier alpha value is -1.97. The molecule has 0 aliphatic carbocycles. The van der Waals surface area contributed by atoms with Crippen molar-refractivity contribution in [2.24, 2.45) is 0 Å². The standard InChI is InChI=1S/C13H16O4/c1-4-9-7-11(16-2)12(17-3)8-10(9)5-6-13(14)15/h5-8H,4H2,1-3H3,(H,14,15). The van der Waals surface area contributed by atoms with Crippen LogP contribution in [0.2, 0.25) is 0 Å². The van der Waals surface area contributed by atoms with E-state index in [1.807, 2.05) is 13.0 Å². The van der Waals surface area contributed by atoms with E-state index >= 15 is 0 Å². The first-order valence-corrected chi connectivity index (χ1v) is 5.28. The highest BCUT2D eigenvalue weighted by molar-refractivity contribution is 5.85. The van der Waals surface area contributed by atoms with Crippen LogP contribution in [0.4, 0.5) is 0 Å². The van der Waals surface area contributed by atoms with Crippen molar-refractivity contribution in [1.29, 1.82) is 0 Å². The summed E-state index contributed by atoms with van der Waals surface area (Å²) < 4.78 is 10.4. The number of hydrogen-bond acceptors (Lipinski definition) is 3. The van der Waals surface area contributed by atoms with Gasteiger partial charge in [0.15, 0.2) is 11.5 Å². The second-order valence-electron chi connectivity index (χ2n) is 3.43. The van der Waals surface area contributed by atoms with Crippen molar-refractivity contribution in [2.75, 3.05) is 14.2 Å². The Morgan fingerprint density at radius 2 is 1.88 bits per heavy atom. The zero-order valence-electron chi connectivity index (χ0n) is 10.2. The molecule has 0 saturated heterocycles. The number of hydrogen-bond donors (Lipinski definition) is 1. The van der Waals surface area contributed by atoms with Crippen LogP contribution in [0.15, 0.2) is 18.2 Å². The number of carboxylic acids is 1. The van der Waals surface area contributed by atoms with Crippen LogP contribution >= 0.6 is 0 Å². The van der Waals surface area contributed by atoms with Crippen LogP contribution in [0.5, 0.6) is 11.5 Å². The molecule has 1 aromatic rings. The van der Waals surface area contributed by atoms with E-state index in [2.05, 4.69) is 0 Å². The van der Waals surface area contributed by atoms with Crippen LogP contribution in [0.3, 0.4) is 0 Å². The number of aryl methyl sites for hydroxylation is 1. The molecule has 0 heterocycles. The average molecular weight is 236 g/mol. The van der Waals surface area contributed by atoms with Gasteiger partial charge in [0.1, 0.15) is 0 Å². The van der Waals surface area contributed by atoms with Crippen molar-refractivity contribution >= 4 is 12.0 Å². The molecule has 17 heavy (non-hydrogen) atoms. The van der Waals surface area contributed by atoms with Gasteiger partial charge in [0.25, 0.3) is 0 Å². The number of methoxy groups -OCH3 is 2. The molecule has 1 rings (SSSR count). The van der Waals surface area contributed by atoms with Gasteiger partial charge >= 0.3 is 5.97 Å². The molecule has 0 aromatic heterocycles. The lowest BCUT2D eigenvalue weighted by Crippen LogP contribution is -1.95. The van der Waals surface area contributed by atoms with Crippen LogP contribution < -0.4 is 9.47 Å². The summed E-state index contributed by atoms with van der Waals surface area (Å²) >= 11 is 0. The number of rotatable bonds is 5. The molecule has 4 nitrogen and oxygen atoms in total. The minimum atomic E-state index is -0.971. The predicted molar refractivity (Wildman–Crippen MR) is 65.6 cm³/mol. The highest BCUT2D eigenvalue weighted by Crippen LogP contribution is 2.31. The summed E-state index contributed by atoms with van der Waals surface area (Å²) in [6, 6.07) is 3.64. The molecule has 1 N–H and O–H groups in total. The molecule has 0 bridgehead atoms. The van der Waals surface area contributed by atoms with Crippen molar-refractivity contribution < 1.29 is 19.4 Å².